The molecule has 8 heteroatoms. The Bertz CT molecular complexity index is 1020. The average Bonchev–Trinajstić information content (AvgIpc) is 2.82. The molecule has 0 saturated carbocycles. The standard InChI is InChI=1S/C25H27F3N4O/c1-2-3-4-5-9-16-33-21-14-12-19(13-15-21)18-29-32-23-17-22(25(26,27)28)30-24(31-23)20-10-7-6-8-11-20/h6-8,10-15,17-18H,2-5,9,16H2,1H3,(H,30,31,32)/b29-18+. The van der Waals surface area contributed by atoms with Gasteiger partial charge in [-0.2, -0.15) is 18.3 Å². The van der Waals surface area contributed by atoms with Crippen molar-refractivity contribution in [2.75, 3.05) is 12.0 Å². The molecule has 0 atom stereocenters. The normalized spacial score (nSPS) is 11.6. The SMILES string of the molecule is CCCCCCCOc1ccc(/C=N/Nc2cc(C(F)(F)F)nc(-c3ccccc3)n2)cc1. The van der Waals surface area contributed by atoms with Gasteiger partial charge in [0.05, 0.1) is 12.8 Å². The predicted molar refractivity (Wildman–Crippen MR) is 124 cm³/mol. The Labute approximate surface area is 191 Å². The van der Waals surface area contributed by atoms with E-state index in [1.165, 1.54) is 25.5 Å². The molecule has 0 radical (unpaired) electrons. The maximum absolute atomic E-state index is 13.3. The van der Waals surface area contributed by atoms with Crippen LogP contribution in [0.1, 0.15) is 50.3 Å². The summed E-state index contributed by atoms with van der Waals surface area (Å²) in [6.07, 6.45) is 2.79. The molecule has 0 aliphatic carbocycles. The highest BCUT2D eigenvalue weighted by molar-refractivity contribution is 5.80. The number of hydrogen-bond donors (Lipinski definition) is 1. The summed E-state index contributed by atoms with van der Waals surface area (Å²) in [5.41, 5.74) is 2.79. The number of ether oxygens (including phenoxy) is 1. The van der Waals surface area contributed by atoms with Gasteiger partial charge in [-0.15, -0.1) is 0 Å². The van der Waals surface area contributed by atoms with Gasteiger partial charge in [0.15, 0.2) is 17.3 Å². The zero-order valence-corrected chi connectivity index (χ0v) is 18.5. The van der Waals surface area contributed by atoms with E-state index in [1.54, 1.807) is 30.3 Å². The van der Waals surface area contributed by atoms with Crippen LogP contribution in [-0.2, 0) is 6.18 Å². The summed E-state index contributed by atoms with van der Waals surface area (Å²) in [6.45, 7) is 2.86. The van der Waals surface area contributed by atoms with Gasteiger partial charge in [0.25, 0.3) is 0 Å². The number of anilines is 1. The van der Waals surface area contributed by atoms with Crippen LogP contribution in [0.4, 0.5) is 19.0 Å². The van der Waals surface area contributed by atoms with Gasteiger partial charge >= 0.3 is 6.18 Å². The average molecular weight is 457 g/mol. The van der Waals surface area contributed by atoms with Crippen LogP contribution in [-0.4, -0.2) is 22.8 Å². The minimum atomic E-state index is -4.60. The van der Waals surface area contributed by atoms with Crippen molar-refractivity contribution in [1.82, 2.24) is 9.97 Å². The first kappa shape index (κ1) is 24.2. The minimum Gasteiger partial charge on any atom is -0.494 e. The number of hydrogen-bond acceptors (Lipinski definition) is 5. The lowest BCUT2D eigenvalue weighted by Gasteiger charge is -2.10. The molecular formula is C25H27F3N4O. The van der Waals surface area contributed by atoms with Crippen molar-refractivity contribution in [2.45, 2.75) is 45.2 Å². The summed E-state index contributed by atoms with van der Waals surface area (Å²) in [5, 5.41) is 4.03. The van der Waals surface area contributed by atoms with Gasteiger partial charge in [-0.25, -0.2) is 9.97 Å². The lowest BCUT2D eigenvalue weighted by atomic mass is 10.2. The van der Waals surface area contributed by atoms with E-state index in [-0.39, 0.29) is 11.6 Å². The van der Waals surface area contributed by atoms with Crippen LogP contribution in [0.15, 0.2) is 65.8 Å². The summed E-state index contributed by atoms with van der Waals surface area (Å²) in [4.78, 5) is 7.82. The van der Waals surface area contributed by atoms with Gasteiger partial charge in [0.2, 0.25) is 0 Å². The Morgan fingerprint density at radius 2 is 1.67 bits per heavy atom. The maximum Gasteiger partial charge on any atom is 0.433 e. The number of halogens is 3. The van der Waals surface area contributed by atoms with Crippen LogP contribution in [0.3, 0.4) is 0 Å². The van der Waals surface area contributed by atoms with Crippen LogP contribution < -0.4 is 10.2 Å². The fourth-order valence-electron chi connectivity index (χ4n) is 3.08. The third-order valence-corrected chi connectivity index (χ3v) is 4.84. The number of hydrazone groups is 1. The van der Waals surface area contributed by atoms with E-state index in [1.807, 2.05) is 24.3 Å². The Morgan fingerprint density at radius 1 is 0.939 bits per heavy atom. The highest BCUT2D eigenvalue weighted by Crippen LogP contribution is 2.30. The second kappa shape index (κ2) is 12.0. The van der Waals surface area contributed by atoms with Gasteiger partial charge in [0, 0.05) is 11.6 Å². The predicted octanol–water partition coefficient (Wildman–Crippen LogP) is 6.96. The number of benzene rings is 2. The Morgan fingerprint density at radius 3 is 2.36 bits per heavy atom. The first-order valence-electron chi connectivity index (χ1n) is 11.0. The molecule has 0 aliphatic heterocycles. The summed E-state index contributed by atoms with van der Waals surface area (Å²) in [7, 11) is 0. The number of nitrogens with zero attached hydrogens (tertiary/aromatic N) is 3. The van der Waals surface area contributed by atoms with Gasteiger partial charge in [-0.05, 0) is 36.2 Å². The second-order valence-electron chi connectivity index (χ2n) is 7.53. The van der Waals surface area contributed by atoms with Gasteiger partial charge in [-0.1, -0.05) is 62.9 Å². The molecular weight excluding hydrogens is 429 g/mol. The number of rotatable bonds is 11. The zero-order chi connectivity index (χ0) is 23.5. The molecule has 33 heavy (non-hydrogen) atoms. The smallest absolute Gasteiger partial charge is 0.433 e. The van der Waals surface area contributed by atoms with Crippen molar-refractivity contribution in [3.8, 4) is 17.1 Å². The van der Waals surface area contributed by atoms with Gasteiger partial charge in [-0.3, -0.25) is 5.43 Å². The molecule has 0 aliphatic rings. The van der Waals surface area contributed by atoms with E-state index in [0.717, 1.165) is 30.2 Å². The van der Waals surface area contributed by atoms with E-state index in [0.29, 0.717) is 12.2 Å². The second-order valence-corrected chi connectivity index (χ2v) is 7.53. The molecule has 0 bridgehead atoms. The molecule has 0 unspecified atom stereocenters. The third kappa shape index (κ3) is 7.89. The molecule has 174 valence electrons. The molecule has 3 aromatic rings. The largest absolute Gasteiger partial charge is 0.494 e. The lowest BCUT2D eigenvalue weighted by molar-refractivity contribution is -0.141. The molecule has 0 fully saturated rings. The fourth-order valence-corrected chi connectivity index (χ4v) is 3.08. The van der Waals surface area contributed by atoms with E-state index in [4.69, 9.17) is 4.74 Å². The molecule has 1 N–H and O–H groups in total. The monoisotopic (exact) mass is 456 g/mol. The molecule has 0 amide bonds. The summed E-state index contributed by atoms with van der Waals surface area (Å²) in [5.74, 6) is 0.698. The van der Waals surface area contributed by atoms with Crippen molar-refractivity contribution < 1.29 is 17.9 Å². The molecule has 5 nitrogen and oxygen atoms in total. The number of nitrogens with one attached hydrogen (secondary N) is 1. The Balaban J connectivity index is 1.61. The molecule has 0 saturated heterocycles. The number of unbranched alkanes of at least 4 members (excludes halogenated alkanes) is 4. The van der Waals surface area contributed by atoms with Crippen molar-refractivity contribution in [3.63, 3.8) is 0 Å². The van der Waals surface area contributed by atoms with E-state index in [2.05, 4.69) is 27.4 Å². The van der Waals surface area contributed by atoms with Crippen LogP contribution in [0, 0.1) is 0 Å². The summed E-state index contributed by atoms with van der Waals surface area (Å²) >= 11 is 0. The minimum absolute atomic E-state index is 0.0284. The van der Waals surface area contributed by atoms with E-state index >= 15 is 0 Å². The lowest BCUT2D eigenvalue weighted by Crippen LogP contribution is -2.11. The van der Waals surface area contributed by atoms with Crippen molar-refractivity contribution in [1.29, 1.82) is 0 Å². The van der Waals surface area contributed by atoms with Gasteiger partial charge in [0.1, 0.15) is 5.75 Å². The van der Waals surface area contributed by atoms with Crippen molar-refractivity contribution in [3.05, 3.63) is 71.9 Å². The Kier molecular flexibility index (Phi) is 8.80. The molecule has 0 spiro atoms. The number of aromatic nitrogens is 2. The topological polar surface area (TPSA) is 59.4 Å². The van der Waals surface area contributed by atoms with Crippen LogP contribution >= 0.6 is 0 Å². The first-order valence-corrected chi connectivity index (χ1v) is 11.0. The van der Waals surface area contributed by atoms with Crippen LogP contribution in [0.2, 0.25) is 0 Å². The fraction of sp³-hybridized carbons (Fsp3) is 0.320. The molecule has 1 aromatic heterocycles. The first-order chi connectivity index (χ1) is 16.0. The quantitative estimate of drug-likeness (QED) is 0.193. The highest BCUT2D eigenvalue weighted by atomic mass is 19.4. The highest BCUT2D eigenvalue weighted by Gasteiger charge is 2.33. The van der Waals surface area contributed by atoms with Crippen molar-refractivity contribution >= 4 is 12.0 Å². The van der Waals surface area contributed by atoms with E-state index < -0.39 is 11.9 Å². The van der Waals surface area contributed by atoms with Crippen molar-refractivity contribution in [2.24, 2.45) is 5.10 Å². The third-order valence-electron chi connectivity index (χ3n) is 4.84. The van der Waals surface area contributed by atoms with E-state index in [9.17, 15) is 13.2 Å². The summed E-state index contributed by atoms with van der Waals surface area (Å²) in [6, 6.07) is 16.7. The zero-order valence-electron chi connectivity index (χ0n) is 18.5. The molecule has 2 aromatic carbocycles. The van der Waals surface area contributed by atoms with Crippen LogP contribution in [0.25, 0.3) is 11.4 Å². The molecule has 1 heterocycles. The van der Waals surface area contributed by atoms with Gasteiger partial charge < -0.3 is 4.74 Å². The van der Waals surface area contributed by atoms with Crippen LogP contribution in [0.5, 0.6) is 5.75 Å². The molecule has 3 rings (SSSR count). The maximum atomic E-state index is 13.3. The number of alkyl halides is 3. The summed E-state index contributed by atoms with van der Waals surface area (Å²) < 4.78 is 45.6. The Hall–Kier alpha value is -3.42.